The molecule has 1 spiro atoms. The van der Waals surface area contributed by atoms with Gasteiger partial charge in [-0.15, -0.1) is 0 Å². The van der Waals surface area contributed by atoms with Crippen molar-refractivity contribution in [2.45, 2.75) is 38.1 Å². The lowest BCUT2D eigenvalue weighted by Crippen LogP contribution is -2.58. The van der Waals surface area contributed by atoms with Crippen molar-refractivity contribution in [1.29, 1.82) is 0 Å². The molecule has 4 rings (SSSR count). The van der Waals surface area contributed by atoms with Gasteiger partial charge in [0.25, 0.3) is 5.91 Å². The standard InChI is InChI=1S/C18H23N5O2/c1-2-15(24)23-8-4-14-16(21-12-20-14)18(23)5-9-22(10-6-18)17(25)13-3-7-19-11-13/h3,7,11-12,19H,2,4-6,8-10H2,1H3,(H,20,21). The number of fused-ring (bicyclic) bond motifs is 2. The Hall–Kier alpha value is -2.57. The van der Waals surface area contributed by atoms with E-state index in [4.69, 9.17) is 0 Å². The van der Waals surface area contributed by atoms with Crippen molar-refractivity contribution in [3.63, 3.8) is 0 Å². The minimum Gasteiger partial charge on any atom is -0.367 e. The van der Waals surface area contributed by atoms with E-state index in [1.54, 1.807) is 24.8 Å². The van der Waals surface area contributed by atoms with E-state index in [1.807, 2.05) is 16.7 Å². The highest BCUT2D eigenvalue weighted by atomic mass is 16.2. The van der Waals surface area contributed by atoms with Gasteiger partial charge in [0.2, 0.25) is 5.91 Å². The molecular formula is C18H23N5O2. The summed E-state index contributed by atoms with van der Waals surface area (Å²) in [6.07, 6.45) is 7.98. The zero-order valence-electron chi connectivity index (χ0n) is 14.4. The Bertz CT molecular complexity index is 771. The molecule has 0 atom stereocenters. The number of H-pyrrole nitrogens is 2. The smallest absolute Gasteiger partial charge is 0.255 e. The number of imidazole rings is 1. The topological polar surface area (TPSA) is 85.1 Å². The molecule has 1 fully saturated rings. The van der Waals surface area contributed by atoms with Crippen LogP contribution in [0.2, 0.25) is 0 Å². The molecule has 1 saturated heterocycles. The molecule has 25 heavy (non-hydrogen) atoms. The maximum Gasteiger partial charge on any atom is 0.255 e. The summed E-state index contributed by atoms with van der Waals surface area (Å²) in [6.45, 7) is 3.88. The summed E-state index contributed by atoms with van der Waals surface area (Å²) in [6, 6.07) is 1.80. The fourth-order valence-electron chi connectivity index (χ4n) is 4.26. The molecule has 2 amide bonds. The number of nitrogens with one attached hydrogen (secondary N) is 2. The van der Waals surface area contributed by atoms with Crippen LogP contribution in [0.4, 0.5) is 0 Å². The summed E-state index contributed by atoms with van der Waals surface area (Å²) >= 11 is 0. The van der Waals surface area contributed by atoms with E-state index in [2.05, 4.69) is 15.0 Å². The predicted molar refractivity (Wildman–Crippen MR) is 91.9 cm³/mol. The van der Waals surface area contributed by atoms with Gasteiger partial charge in [-0.25, -0.2) is 4.98 Å². The maximum absolute atomic E-state index is 12.6. The summed E-state index contributed by atoms with van der Waals surface area (Å²) in [4.78, 5) is 39.8. The van der Waals surface area contributed by atoms with Crippen LogP contribution in [0.5, 0.6) is 0 Å². The van der Waals surface area contributed by atoms with E-state index < -0.39 is 0 Å². The lowest BCUT2D eigenvalue weighted by atomic mass is 9.78. The average Bonchev–Trinajstić information content (AvgIpc) is 3.33. The van der Waals surface area contributed by atoms with Gasteiger partial charge in [-0.3, -0.25) is 9.59 Å². The van der Waals surface area contributed by atoms with Crippen molar-refractivity contribution in [2.75, 3.05) is 19.6 Å². The minimum atomic E-state index is -0.379. The van der Waals surface area contributed by atoms with Crippen molar-refractivity contribution in [3.05, 3.63) is 41.7 Å². The Morgan fingerprint density at radius 3 is 2.76 bits per heavy atom. The van der Waals surface area contributed by atoms with Gasteiger partial charge in [0.1, 0.15) is 0 Å². The van der Waals surface area contributed by atoms with Crippen molar-refractivity contribution in [2.24, 2.45) is 0 Å². The fourth-order valence-corrected chi connectivity index (χ4v) is 4.26. The Morgan fingerprint density at radius 1 is 1.28 bits per heavy atom. The third kappa shape index (κ3) is 2.45. The molecule has 2 aliphatic rings. The quantitative estimate of drug-likeness (QED) is 0.871. The number of rotatable bonds is 2. The summed E-state index contributed by atoms with van der Waals surface area (Å²) < 4.78 is 0. The number of carbonyl (C=O) groups excluding carboxylic acids is 2. The second-order valence-electron chi connectivity index (χ2n) is 6.80. The summed E-state index contributed by atoms with van der Waals surface area (Å²) in [7, 11) is 0. The molecule has 7 heteroatoms. The van der Waals surface area contributed by atoms with E-state index in [0.717, 1.165) is 30.7 Å². The molecule has 2 aromatic rings. The lowest BCUT2D eigenvalue weighted by molar-refractivity contribution is -0.141. The molecule has 2 aliphatic heterocycles. The highest BCUT2D eigenvalue weighted by Gasteiger charge is 2.48. The van der Waals surface area contributed by atoms with Crippen LogP contribution in [0.25, 0.3) is 0 Å². The van der Waals surface area contributed by atoms with Gasteiger partial charge in [-0.2, -0.15) is 0 Å². The number of likely N-dealkylation sites (tertiary alicyclic amines) is 1. The molecule has 132 valence electrons. The normalized spacial score (nSPS) is 19.1. The number of nitrogens with zero attached hydrogens (tertiary/aromatic N) is 3. The van der Waals surface area contributed by atoms with Gasteiger partial charge in [0.05, 0.1) is 23.1 Å². The zero-order valence-corrected chi connectivity index (χ0v) is 14.4. The number of carbonyl (C=O) groups is 2. The first-order valence-corrected chi connectivity index (χ1v) is 8.91. The predicted octanol–water partition coefficient (Wildman–Crippen LogP) is 1.66. The van der Waals surface area contributed by atoms with E-state index in [0.29, 0.717) is 31.6 Å². The summed E-state index contributed by atoms with van der Waals surface area (Å²) in [5.74, 6) is 0.210. The molecule has 2 N–H and O–H groups in total. The molecule has 0 bridgehead atoms. The fraction of sp³-hybridized carbons (Fsp3) is 0.500. The van der Waals surface area contributed by atoms with Crippen molar-refractivity contribution >= 4 is 11.8 Å². The number of hydrogen-bond acceptors (Lipinski definition) is 3. The molecule has 0 radical (unpaired) electrons. The summed E-state index contributed by atoms with van der Waals surface area (Å²) in [5, 5.41) is 0. The average molecular weight is 341 g/mol. The van der Waals surface area contributed by atoms with Gasteiger partial charge in [0, 0.05) is 50.6 Å². The van der Waals surface area contributed by atoms with E-state index in [1.165, 1.54) is 0 Å². The van der Waals surface area contributed by atoms with Gasteiger partial charge in [0.15, 0.2) is 0 Å². The molecular weight excluding hydrogens is 318 g/mol. The van der Waals surface area contributed by atoms with Crippen LogP contribution in [0.1, 0.15) is 47.9 Å². The molecule has 0 aliphatic carbocycles. The van der Waals surface area contributed by atoms with Gasteiger partial charge >= 0.3 is 0 Å². The zero-order chi connectivity index (χ0) is 17.4. The van der Waals surface area contributed by atoms with Gasteiger partial charge in [-0.1, -0.05) is 6.92 Å². The van der Waals surface area contributed by atoms with E-state index >= 15 is 0 Å². The van der Waals surface area contributed by atoms with Gasteiger partial charge < -0.3 is 19.8 Å². The highest BCUT2D eigenvalue weighted by molar-refractivity contribution is 5.94. The number of amides is 2. The van der Waals surface area contributed by atoms with Crippen LogP contribution in [0, 0.1) is 0 Å². The Kier molecular flexibility index (Phi) is 3.86. The van der Waals surface area contributed by atoms with Crippen molar-refractivity contribution in [3.8, 4) is 0 Å². The number of hydrogen-bond donors (Lipinski definition) is 2. The highest BCUT2D eigenvalue weighted by Crippen LogP contribution is 2.42. The monoisotopic (exact) mass is 341 g/mol. The van der Waals surface area contributed by atoms with Crippen LogP contribution < -0.4 is 0 Å². The Labute approximate surface area is 146 Å². The summed E-state index contributed by atoms with van der Waals surface area (Å²) in [5.41, 5.74) is 2.43. The number of piperidine rings is 1. The van der Waals surface area contributed by atoms with Crippen LogP contribution in [-0.2, 0) is 16.8 Å². The van der Waals surface area contributed by atoms with E-state index in [9.17, 15) is 9.59 Å². The SMILES string of the molecule is CCC(=O)N1CCc2[nH]cnc2C12CCN(C(=O)c1cc[nH]c1)CC2. The first-order valence-electron chi connectivity index (χ1n) is 8.91. The van der Waals surface area contributed by atoms with Crippen molar-refractivity contribution in [1.82, 2.24) is 24.8 Å². The third-order valence-corrected chi connectivity index (χ3v) is 5.59. The number of aromatic amines is 2. The second-order valence-corrected chi connectivity index (χ2v) is 6.80. The number of aromatic nitrogens is 3. The Morgan fingerprint density at radius 2 is 2.08 bits per heavy atom. The first kappa shape index (κ1) is 15.9. The Balaban J connectivity index is 1.60. The van der Waals surface area contributed by atoms with Gasteiger partial charge in [-0.05, 0) is 18.9 Å². The largest absolute Gasteiger partial charge is 0.367 e. The lowest BCUT2D eigenvalue weighted by Gasteiger charge is -2.50. The molecule has 2 aromatic heterocycles. The van der Waals surface area contributed by atoms with Crippen LogP contribution in [0.15, 0.2) is 24.8 Å². The first-order chi connectivity index (χ1) is 12.2. The second kappa shape index (κ2) is 6.06. The molecule has 7 nitrogen and oxygen atoms in total. The third-order valence-electron chi connectivity index (χ3n) is 5.59. The molecule has 4 heterocycles. The van der Waals surface area contributed by atoms with Crippen LogP contribution >= 0.6 is 0 Å². The molecule has 0 unspecified atom stereocenters. The molecule has 0 saturated carbocycles. The van der Waals surface area contributed by atoms with Crippen LogP contribution in [0.3, 0.4) is 0 Å². The molecule has 0 aromatic carbocycles. The van der Waals surface area contributed by atoms with Crippen LogP contribution in [-0.4, -0.2) is 56.2 Å². The minimum absolute atomic E-state index is 0.0440. The van der Waals surface area contributed by atoms with Crippen molar-refractivity contribution < 1.29 is 9.59 Å². The van der Waals surface area contributed by atoms with E-state index in [-0.39, 0.29) is 17.4 Å². The maximum atomic E-state index is 12.6.